The first-order chi connectivity index (χ1) is 8.72. The maximum Gasteiger partial charge on any atom is 0.213 e. The van der Waals surface area contributed by atoms with Crippen LogP contribution in [0.1, 0.15) is 15.9 Å². The second-order valence-corrected chi connectivity index (χ2v) is 4.12. The van der Waals surface area contributed by atoms with E-state index in [-0.39, 0.29) is 11.5 Å². The van der Waals surface area contributed by atoms with Crippen LogP contribution in [0.5, 0.6) is 0 Å². The Morgan fingerprint density at radius 1 is 0.944 bits per heavy atom. The van der Waals surface area contributed by atoms with Crippen LogP contribution in [0, 0.1) is 0 Å². The van der Waals surface area contributed by atoms with E-state index in [4.69, 9.17) is 17.4 Å². The van der Waals surface area contributed by atoms with Gasteiger partial charge in [-0.3, -0.25) is 4.79 Å². The number of rotatable bonds is 3. The van der Waals surface area contributed by atoms with Gasteiger partial charge in [-0.2, -0.15) is 5.10 Å². The van der Waals surface area contributed by atoms with Gasteiger partial charge in [0, 0.05) is 16.1 Å². The highest BCUT2D eigenvalue weighted by molar-refractivity contribution is 6.51. The lowest BCUT2D eigenvalue weighted by atomic mass is 10.0. The van der Waals surface area contributed by atoms with Crippen molar-refractivity contribution in [3.8, 4) is 0 Å². The van der Waals surface area contributed by atoms with Gasteiger partial charge in [-0.05, 0) is 24.3 Å². The Balaban J connectivity index is 2.35. The SMILES string of the molecule is N/N=C(/C(=O)c1ccc(Cl)cc1)c1ccccc1. The molecule has 0 saturated carbocycles. The van der Waals surface area contributed by atoms with Gasteiger partial charge in [-0.1, -0.05) is 41.9 Å². The van der Waals surface area contributed by atoms with Crippen molar-refractivity contribution >= 4 is 23.1 Å². The average Bonchev–Trinajstić information content (AvgIpc) is 2.41. The van der Waals surface area contributed by atoms with Crippen molar-refractivity contribution in [3.05, 3.63) is 70.7 Å². The first kappa shape index (κ1) is 12.3. The third-order valence-electron chi connectivity index (χ3n) is 2.50. The number of carbonyl (C=O) groups is 1. The summed E-state index contributed by atoms with van der Waals surface area (Å²) in [4.78, 5) is 12.2. The minimum absolute atomic E-state index is 0.222. The summed E-state index contributed by atoms with van der Waals surface area (Å²) >= 11 is 5.78. The van der Waals surface area contributed by atoms with Crippen molar-refractivity contribution in [1.82, 2.24) is 0 Å². The van der Waals surface area contributed by atoms with Gasteiger partial charge in [-0.25, -0.2) is 0 Å². The molecule has 0 aliphatic rings. The molecule has 2 aromatic carbocycles. The molecule has 0 unspecified atom stereocenters. The van der Waals surface area contributed by atoms with Gasteiger partial charge in [0.25, 0.3) is 0 Å². The number of hydrogen-bond acceptors (Lipinski definition) is 3. The molecule has 0 bridgehead atoms. The van der Waals surface area contributed by atoms with Gasteiger partial charge in [0.05, 0.1) is 0 Å². The van der Waals surface area contributed by atoms with E-state index in [0.29, 0.717) is 16.1 Å². The summed E-state index contributed by atoms with van der Waals surface area (Å²) in [5.41, 5.74) is 1.44. The molecule has 2 N–H and O–H groups in total. The van der Waals surface area contributed by atoms with Crippen LogP contribution in [0.2, 0.25) is 5.02 Å². The summed E-state index contributed by atoms with van der Waals surface area (Å²) < 4.78 is 0. The fourth-order valence-corrected chi connectivity index (χ4v) is 1.72. The summed E-state index contributed by atoms with van der Waals surface area (Å²) in [7, 11) is 0. The monoisotopic (exact) mass is 258 g/mol. The van der Waals surface area contributed by atoms with E-state index in [2.05, 4.69) is 5.10 Å². The zero-order valence-electron chi connectivity index (χ0n) is 9.51. The predicted molar refractivity (Wildman–Crippen MR) is 72.9 cm³/mol. The quantitative estimate of drug-likeness (QED) is 0.398. The van der Waals surface area contributed by atoms with E-state index < -0.39 is 0 Å². The lowest BCUT2D eigenvalue weighted by molar-refractivity contribution is 0.106. The van der Waals surface area contributed by atoms with E-state index >= 15 is 0 Å². The molecule has 0 fully saturated rings. The molecule has 0 heterocycles. The number of nitrogens with zero attached hydrogens (tertiary/aromatic N) is 1. The molecule has 90 valence electrons. The molecule has 4 heteroatoms. The van der Waals surface area contributed by atoms with Crippen LogP contribution in [0.3, 0.4) is 0 Å². The molecule has 0 radical (unpaired) electrons. The maximum atomic E-state index is 12.2. The summed E-state index contributed by atoms with van der Waals surface area (Å²) in [6.45, 7) is 0. The maximum absolute atomic E-state index is 12.2. The second kappa shape index (κ2) is 5.47. The highest BCUT2D eigenvalue weighted by Gasteiger charge is 2.15. The number of nitrogens with two attached hydrogens (primary N) is 1. The van der Waals surface area contributed by atoms with Crippen molar-refractivity contribution in [3.63, 3.8) is 0 Å². The zero-order chi connectivity index (χ0) is 13.0. The normalized spacial score (nSPS) is 11.3. The Labute approximate surface area is 110 Å². The number of carbonyl (C=O) groups excluding carboxylic acids is 1. The fraction of sp³-hybridized carbons (Fsp3) is 0. The average molecular weight is 259 g/mol. The van der Waals surface area contributed by atoms with Crippen LogP contribution in [-0.2, 0) is 0 Å². The lowest BCUT2D eigenvalue weighted by Crippen LogP contribution is -2.17. The highest BCUT2D eigenvalue weighted by Crippen LogP contribution is 2.12. The molecule has 0 amide bonds. The Hall–Kier alpha value is -2.13. The first-order valence-corrected chi connectivity index (χ1v) is 5.73. The molecule has 0 saturated heterocycles. The molecule has 0 aromatic heterocycles. The third-order valence-corrected chi connectivity index (χ3v) is 2.75. The topological polar surface area (TPSA) is 55.4 Å². The van der Waals surface area contributed by atoms with Crippen LogP contribution < -0.4 is 5.84 Å². The molecule has 0 aliphatic heterocycles. The van der Waals surface area contributed by atoms with E-state index in [1.54, 1.807) is 36.4 Å². The molecule has 0 spiro atoms. The van der Waals surface area contributed by atoms with Crippen molar-refractivity contribution in [2.45, 2.75) is 0 Å². The van der Waals surface area contributed by atoms with Crippen molar-refractivity contribution in [2.24, 2.45) is 10.9 Å². The van der Waals surface area contributed by atoms with Crippen LogP contribution >= 0.6 is 11.6 Å². The molecule has 0 aliphatic carbocycles. The molecule has 2 aromatic rings. The Kier molecular flexibility index (Phi) is 3.75. The largest absolute Gasteiger partial charge is 0.323 e. The zero-order valence-corrected chi connectivity index (χ0v) is 10.3. The third kappa shape index (κ3) is 2.57. The molecular weight excluding hydrogens is 248 g/mol. The summed E-state index contributed by atoms with van der Waals surface area (Å²) in [5, 5.41) is 4.17. The number of hydrazone groups is 1. The fourth-order valence-electron chi connectivity index (χ4n) is 1.60. The van der Waals surface area contributed by atoms with Crippen molar-refractivity contribution in [2.75, 3.05) is 0 Å². The number of Topliss-reactive ketones (excluding diaryl/α,β-unsaturated/α-hetero) is 1. The van der Waals surface area contributed by atoms with Crippen molar-refractivity contribution in [1.29, 1.82) is 0 Å². The van der Waals surface area contributed by atoms with Crippen LogP contribution in [0.4, 0.5) is 0 Å². The van der Waals surface area contributed by atoms with Gasteiger partial charge in [-0.15, -0.1) is 0 Å². The van der Waals surface area contributed by atoms with E-state index in [0.717, 1.165) is 0 Å². The Morgan fingerprint density at radius 3 is 2.11 bits per heavy atom. The van der Waals surface area contributed by atoms with Gasteiger partial charge >= 0.3 is 0 Å². The number of benzene rings is 2. The minimum atomic E-state index is -0.222. The smallest absolute Gasteiger partial charge is 0.213 e. The summed E-state index contributed by atoms with van der Waals surface area (Å²) in [6, 6.07) is 15.7. The standard InChI is InChI=1S/C14H11ClN2O/c15-12-8-6-11(7-9-12)14(18)13(17-16)10-4-2-1-3-5-10/h1-9H,16H2/b17-13+. The second-order valence-electron chi connectivity index (χ2n) is 3.68. The predicted octanol–water partition coefficient (Wildman–Crippen LogP) is 2.89. The van der Waals surface area contributed by atoms with Crippen LogP contribution in [0.15, 0.2) is 59.7 Å². The Bertz CT molecular complexity index is 577. The number of halogens is 1. The molecule has 0 atom stereocenters. The minimum Gasteiger partial charge on any atom is -0.323 e. The van der Waals surface area contributed by atoms with Crippen LogP contribution in [0.25, 0.3) is 0 Å². The van der Waals surface area contributed by atoms with Gasteiger partial charge in [0.2, 0.25) is 5.78 Å². The molecule has 3 nitrogen and oxygen atoms in total. The van der Waals surface area contributed by atoms with Crippen LogP contribution in [-0.4, -0.2) is 11.5 Å². The molecular formula is C14H11ClN2O. The van der Waals surface area contributed by atoms with Crippen molar-refractivity contribution < 1.29 is 4.79 Å². The van der Waals surface area contributed by atoms with E-state index in [1.807, 2.05) is 18.2 Å². The van der Waals surface area contributed by atoms with Gasteiger partial charge in [0.1, 0.15) is 5.71 Å². The van der Waals surface area contributed by atoms with Gasteiger partial charge < -0.3 is 5.84 Å². The molecule has 18 heavy (non-hydrogen) atoms. The lowest BCUT2D eigenvalue weighted by Gasteiger charge is -2.04. The summed E-state index contributed by atoms with van der Waals surface area (Å²) in [5.74, 6) is 5.09. The Morgan fingerprint density at radius 2 is 1.56 bits per heavy atom. The van der Waals surface area contributed by atoms with Gasteiger partial charge in [0.15, 0.2) is 0 Å². The number of hydrogen-bond donors (Lipinski definition) is 1. The van der Waals surface area contributed by atoms with E-state index in [1.165, 1.54) is 0 Å². The van der Waals surface area contributed by atoms with E-state index in [9.17, 15) is 4.79 Å². The molecule has 2 rings (SSSR count). The summed E-state index contributed by atoms with van der Waals surface area (Å²) in [6.07, 6.45) is 0. The highest BCUT2D eigenvalue weighted by atomic mass is 35.5. The first-order valence-electron chi connectivity index (χ1n) is 5.36. The number of ketones is 1.